The first-order valence-electron chi connectivity index (χ1n) is 7.62. The maximum Gasteiger partial charge on any atom is 0.265 e. The topological polar surface area (TPSA) is 64.3 Å². The van der Waals surface area contributed by atoms with E-state index in [2.05, 4.69) is 0 Å². The molecule has 1 atom stereocenters. The van der Waals surface area contributed by atoms with E-state index in [0.717, 1.165) is 0 Å². The van der Waals surface area contributed by atoms with E-state index in [0.29, 0.717) is 22.5 Å². The predicted octanol–water partition coefficient (Wildman–Crippen LogP) is 3.59. The minimum Gasteiger partial charge on any atom is -0.387 e. The molecule has 0 saturated carbocycles. The first-order valence-corrected chi connectivity index (χ1v) is 8.50. The number of thiophene rings is 1. The fourth-order valence-electron chi connectivity index (χ4n) is 2.39. The summed E-state index contributed by atoms with van der Waals surface area (Å²) in [6.07, 6.45) is -0.918. The Kier molecular flexibility index (Phi) is 6.07. The molecular weight excluding hydrogens is 327 g/mol. The highest BCUT2D eigenvalue weighted by Gasteiger charge is 2.24. The molecule has 0 radical (unpaired) electrons. The van der Waals surface area contributed by atoms with E-state index in [4.69, 9.17) is 5.26 Å². The number of aliphatic hydroxyl groups is 1. The zero-order valence-corrected chi connectivity index (χ0v) is 14.4. The number of benzene rings is 1. The van der Waals surface area contributed by atoms with E-state index >= 15 is 0 Å². The van der Waals surface area contributed by atoms with Gasteiger partial charge in [0.05, 0.1) is 18.2 Å². The van der Waals surface area contributed by atoms with Crippen molar-refractivity contribution >= 4 is 17.2 Å². The summed E-state index contributed by atoms with van der Waals surface area (Å²) in [5.41, 5.74) is 0.889. The monoisotopic (exact) mass is 346 g/mol. The smallest absolute Gasteiger partial charge is 0.265 e. The minimum absolute atomic E-state index is 0.0887. The summed E-state index contributed by atoms with van der Waals surface area (Å²) in [6.45, 7) is 4.50. The fraction of sp³-hybridized carbons (Fsp3) is 0.333. The molecule has 1 N–H and O–H groups in total. The van der Waals surface area contributed by atoms with Crippen molar-refractivity contribution in [2.45, 2.75) is 20.0 Å². The van der Waals surface area contributed by atoms with Crippen LogP contribution in [-0.2, 0) is 0 Å². The van der Waals surface area contributed by atoms with Crippen molar-refractivity contribution in [1.82, 2.24) is 4.90 Å². The average molecular weight is 346 g/mol. The van der Waals surface area contributed by atoms with Crippen molar-refractivity contribution in [2.75, 3.05) is 13.1 Å². The van der Waals surface area contributed by atoms with Gasteiger partial charge in [0, 0.05) is 6.54 Å². The van der Waals surface area contributed by atoms with Gasteiger partial charge in [-0.2, -0.15) is 5.26 Å². The maximum absolute atomic E-state index is 13.0. The number of amides is 1. The van der Waals surface area contributed by atoms with Crippen LogP contribution < -0.4 is 0 Å². The molecule has 0 saturated heterocycles. The van der Waals surface area contributed by atoms with Crippen LogP contribution in [0.4, 0.5) is 4.39 Å². The Morgan fingerprint density at radius 2 is 1.96 bits per heavy atom. The molecule has 126 valence electrons. The number of rotatable bonds is 6. The third-order valence-corrected chi connectivity index (χ3v) is 4.40. The highest BCUT2D eigenvalue weighted by molar-refractivity contribution is 7.12. The molecule has 0 bridgehead atoms. The summed E-state index contributed by atoms with van der Waals surface area (Å²) in [5.74, 6) is -0.436. The van der Waals surface area contributed by atoms with Crippen LogP contribution in [-0.4, -0.2) is 29.0 Å². The molecule has 2 aromatic rings. The van der Waals surface area contributed by atoms with Gasteiger partial charge in [0.25, 0.3) is 5.91 Å². The number of carbonyl (C=O) groups excluding carboxylic acids is 1. The Bertz CT molecular complexity index is 734. The molecule has 6 heteroatoms. The van der Waals surface area contributed by atoms with Gasteiger partial charge < -0.3 is 10.0 Å². The van der Waals surface area contributed by atoms with Crippen molar-refractivity contribution in [2.24, 2.45) is 5.92 Å². The Hall–Kier alpha value is -2.23. The van der Waals surface area contributed by atoms with Crippen molar-refractivity contribution in [1.29, 1.82) is 5.26 Å². The normalized spacial score (nSPS) is 12.0. The van der Waals surface area contributed by atoms with Gasteiger partial charge in [0.2, 0.25) is 0 Å². The summed E-state index contributed by atoms with van der Waals surface area (Å²) in [7, 11) is 0. The molecule has 0 spiro atoms. The van der Waals surface area contributed by atoms with E-state index in [-0.39, 0.29) is 24.2 Å². The number of aliphatic hydroxyl groups excluding tert-OH is 1. The molecule has 0 fully saturated rings. The van der Waals surface area contributed by atoms with Gasteiger partial charge in [0.1, 0.15) is 16.8 Å². The third kappa shape index (κ3) is 4.40. The molecule has 1 aromatic carbocycles. The average Bonchev–Trinajstić information content (AvgIpc) is 3.02. The van der Waals surface area contributed by atoms with Crippen molar-refractivity contribution in [3.8, 4) is 6.07 Å². The minimum atomic E-state index is -0.918. The Morgan fingerprint density at radius 3 is 2.54 bits per heavy atom. The van der Waals surface area contributed by atoms with Crippen LogP contribution in [0.25, 0.3) is 0 Å². The van der Waals surface area contributed by atoms with Crippen LogP contribution >= 0.6 is 11.3 Å². The van der Waals surface area contributed by atoms with E-state index < -0.39 is 6.10 Å². The van der Waals surface area contributed by atoms with E-state index in [1.165, 1.54) is 35.6 Å². The second kappa shape index (κ2) is 8.04. The van der Waals surface area contributed by atoms with Gasteiger partial charge in [-0.25, -0.2) is 4.39 Å². The van der Waals surface area contributed by atoms with Gasteiger partial charge in [0.15, 0.2) is 0 Å². The second-order valence-corrected chi connectivity index (χ2v) is 6.86. The number of carbonyl (C=O) groups is 1. The lowest BCUT2D eigenvalue weighted by Gasteiger charge is -2.27. The molecule has 0 aliphatic rings. The first-order chi connectivity index (χ1) is 11.4. The van der Waals surface area contributed by atoms with Crippen LogP contribution in [0, 0.1) is 23.1 Å². The molecule has 24 heavy (non-hydrogen) atoms. The molecule has 1 heterocycles. The zero-order valence-electron chi connectivity index (χ0n) is 13.6. The fourth-order valence-corrected chi connectivity index (χ4v) is 3.20. The second-order valence-electron chi connectivity index (χ2n) is 5.95. The molecule has 0 unspecified atom stereocenters. The largest absolute Gasteiger partial charge is 0.387 e. The Labute approximate surface area is 144 Å². The molecule has 4 nitrogen and oxygen atoms in total. The van der Waals surface area contributed by atoms with Gasteiger partial charge in [-0.15, -0.1) is 11.3 Å². The number of hydrogen-bond acceptors (Lipinski definition) is 4. The highest BCUT2D eigenvalue weighted by atomic mass is 32.1. The Balaban J connectivity index is 2.20. The summed E-state index contributed by atoms with van der Waals surface area (Å²) in [6, 6.07) is 9.19. The summed E-state index contributed by atoms with van der Waals surface area (Å²) in [5, 5.41) is 21.2. The zero-order chi connectivity index (χ0) is 17.7. The SMILES string of the molecule is CC(C)CN(C[C@H](O)c1ccc(F)cc1)C(=O)c1sccc1C#N. The van der Waals surface area contributed by atoms with Gasteiger partial charge >= 0.3 is 0 Å². The summed E-state index contributed by atoms with van der Waals surface area (Å²) < 4.78 is 13.0. The van der Waals surface area contributed by atoms with E-state index in [1.807, 2.05) is 19.9 Å². The maximum atomic E-state index is 13.0. The molecule has 0 aliphatic heterocycles. The first kappa shape index (κ1) is 18.1. The van der Waals surface area contributed by atoms with Gasteiger partial charge in [-0.05, 0) is 35.1 Å². The number of hydrogen-bond donors (Lipinski definition) is 1. The predicted molar refractivity (Wildman–Crippen MR) is 91.1 cm³/mol. The van der Waals surface area contributed by atoms with Gasteiger partial charge in [-0.1, -0.05) is 26.0 Å². The third-order valence-electron chi connectivity index (χ3n) is 3.50. The van der Waals surface area contributed by atoms with Crippen LogP contribution in [0.5, 0.6) is 0 Å². The molecular formula is C18H19FN2O2S. The molecule has 0 aliphatic carbocycles. The number of nitrogens with zero attached hydrogens (tertiary/aromatic N) is 2. The van der Waals surface area contributed by atoms with Crippen molar-refractivity contribution in [3.63, 3.8) is 0 Å². The molecule has 1 amide bonds. The van der Waals surface area contributed by atoms with Crippen LogP contribution in [0.2, 0.25) is 0 Å². The van der Waals surface area contributed by atoms with E-state index in [1.54, 1.807) is 16.3 Å². The van der Waals surface area contributed by atoms with Crippen molar-refractivity contribution in [3.05, 3.63) is 57.5 Å². The summed E-state index contributed by atoms with van der Waals surface area (Å²) in [4.78, 5) is 14.7. The molecule has 2 rings (SSSR count). The Morgan fingerprint density at radius 1 is 1.29 bits per heavy atom. The van der Waals surface area contributed by atoms with Gasteiger partial charge in [-0.3, -0.25) is 4.79 Å². The molecule has 1 aromatic heterocycles. The standard InChI is InChI=1S/C18H19FN2O2S/c1-12(2)10-21(18(23)17-14(9-20)7-8-24-17)11-16(22)13-3-5-15(19)6-4-13/h3-8,12,16,22H,10-11H2,1-2H3/t16-/m0/s1. The highest BCUT2D eigenvalue weighted by Crippen LogP contribution is 2.22. The van der Waals surface area contributed by atoms with Crippen LogP contribution in [0.15, 0.2) is 35.7 Å². The van der Waals surface area contributed by atoms with Crippen molar-refractivity contribution < 1.29 is 14.3 Å². The van der Waals surface area contributed by atoms with Crippen LogP contribution in [0.3, 0.4) is 0 Å². The number of halogens is 1. The lowest BCUT2D eigenvalue weighted by molar-refractivity contribution is 0.0599. The number of nitriles is 1. The summed E-state index contributed by atoms with van der Waals surface area (Å²) >= 11 is 1.22. The lowest BCUT2D eigenvalue weighted by Crippen LogP contribution is -2.37. The lowest BCUT2D eigenvalue weighted by atomic mass is 10.1. The quantitative estimate of drug-likeness (QED) is 0.869. The van der Waals surface area contributed by atoms with E-state index in [9.17, 15) is 14.3 Å². The van der Waals surface area contributed by atoms with Crippen LogP contribution in [0.1, 0.15) is 40.8 Å².